The summed E-state index contributed by atoms with van der Waals surface area (Å²) in [5.74, 6) is -0.413. The smallest absolute Gasteiger partial charge is 0.243 e. The molecule has 0 bridgehead atoms. The van der Waals surface area contributed by atoms with Gasteiger partial charge in [0, 0.05) is 12.2 Å². The maximum Gasteiger partial charge on any atom is 0.243 e. The monoisotopic (exact) mass is 299 g/mol. The van der Waals surface area contributed by atoms with Crippen LogP contribution in [0.3, 0.4) is 0 Å². The first-order valence-corrected chi connectivity index (χ1v) is 7.33. The van der Waals surface area contributed by atoms with Crippen LogP contribution in [-0.2, 0) is 23.1 Å². The van der Waals surface area contributed by atoms with Crippen molar-refractivity contribution in [3.8, 4) is 0 Å². The van der Waals surface area contributed by atoms with Gasteiger partial charge in [0.25, 0.3) is 0 Å². The Balaban J connectivity index is 2.21. The number of hydrogen-bond donors (Lipinski definition) is 2. The standard InChI is InChI=1S/C11H14FN5O2S/c1-2-17-7-14-16-11(17)6-15-20(18,19)10-5-8(13)3-4-9(10)12/h3-5,7,15H,2,6,13H2,1H3. The number of nitrogens with zero attached hydrogens (tertiary/aromatic N) is 3. The molecule has 0 radical (unpaired) electrons. The number of aromatic nitrogens is 3. The van der Waals surface area contributed by atoms with Gasteiger partial charge in [-0.15, -0.1) is 10.2 Å². The quantitative estimate of drug-likeness (QED) is 0.782. The second kappa shape index (κ2) is 5.55. The summed E-state index contributed by atoms with van der Waals surface area (Å²) in [6.07, 6.45) is 1.49. The van der Waals surface area contributed by atoms with Crippen molar-refractivity contribution in [2.45, 2.75) is 24.9 Å². The second-order valence-corrected chi connectivity index (χ2v) is 5.78. The van der Waals surface area contributed by atoms with Gasteiger partial charge in [0.1, 0.15) is 22.9 Å². The van der Waals surface area contributed by atoms with E-state index < -0.39 is 20.7 Å². The Morgan fingerprint density at radius 3 is 2.90 bits per heavy atom. The number of halogens is 1. The molecule has 0 fully saturated rings. The molecule has 20 heavy (non-hydrogen) atoms. The summed E-state index contributed by atoms with van der Waals surface area (Å²) in [7, 11) is -4.00. The zero-order valence-electron chi connectivity index (χ0n) is 10.7. The molecule has 0 aliphatic rings. The van der Waals surface area contributed by atoms with Gasteiger partial charge in [-0.3, -0.25) is 0 Å². The van der Waals surface area contributed by atoms with Crippen LogP contribution in [-0.4, -0.2) is 23.2 Å². The van der Waals surface area contributed by atoms with E-state index in [0.717, 1.165) is 12.1 Å². The predicted octanol–water partition coefficient (Wildman–Crippen LogP) is 0.498. The molecule has 2 aromatic rings. The lowest BCUT2D eigenvalue weighted by molar-refractivity contribution is 0.553. The Hall–Kier alpha value is -2.00. The average molecular weight is 299 g/mol. The highest BCUT2D eigenvalue weighted by Crippen LogP contribution is 2.17. The van der Waals surface area contributed by atoms with Gasteiger partial charge in [-0.05, 0) is 25.1 Å². The molecule has 0 aliphatic heterocycles. The van der Waals surface area contributed by atoms with Crippen LogP contribution in [0.4, 0.5) is 10.1 Å². The SMILES string of the molecule is CCn1cnnc1CNS(=O)(=O)c1cc(N)ccc1F. The normalized spacial score (nSPS) is 11.7. The Labute approximate surface area is 115 Å². The van der Waals surface area contributed by atoms with E-state index in [1.165, 1.54) is 12.4 Å². The summed E-state index contributed by atoms with van der Waals surface area (Å²) < 4.78 is 41.6. The molecule has 1 aromatic heterocycles. The molecule has 0 aliphatic carbocycles. The van der Waals surface area contributed by atoms with Crippen molar-refractivity contribution in [2.24, 2.45) is 0 Å². The molecular formula is C11H14FN5O2S. The van der Waals surface area contributed by atoms with Gasteiger partial charge in [-0.25, -0.2) is 17.5 Å². The maximum atomic E-state index is 13.6. The topological polar surface area (TPSA) is 103 Å². The molecule has 108 valence electrons. The fourth-order valence-electron chi connectivity index (χ4n) is 1.64. The van der Waals surface area contributed by atoms with Crippen molar-refractivity contribution in [2.75, 3.05) is 5.73 Å². The number of sulfonamides is 1. The molecule has 7 nitrogen and oxygen atoms in total. The van der Waals surface area contributed by atoms with Crippen LogP contribution < -0.4 is 10.5 Å². The molecule has 0 saturated heterocycles. The third-order valence-electron chi connectivity index (χ3n) is 2.70. The molecular weight excluding hydrogens is 285 g/mol. The first kappa shape index (κ1) is 14.4. The highest BCUT2D eigenvalue weighted by atomic mass is 32.2. The fraction of sp³-hybridized carbons (Fsp3) is 0.273. The molecule has 2 rings (SSSR count). The van der Waals surface area contributed by atoms with Crippen LogP contribution in [0.2, 0.25) is 0 Å². The van der Waals surface area contributed by atoms with Gasteiger partial charge < -0.3 is 10.3 Å². The van der Waals surface area contributed by atoms with Crippen LogP contribution in [0.25, 0.3) is 0 Å². The number of hydrogen-bond acceptors (Lipinski definition) is 5. The van der Waals surface area contributed by atoms with E-state index in [0.29, 0.717) is 12.4 Å². The van der Waals surface area contributed by atoms with E-state index in [2.05, 4.69) is 14.9 Å². The number of nitrogens with two attached hydrogens (primary N) is 1. The minimum absolute atomic E-state index is 0.0790. The van der Waals surface area contributed by atoms with Crippen molar-refractivity contribution in [1.82, 2.24) is 19.5 Å². The summed E-state index contributed by atoms with van der Waals surface area (Å²) >= 11 is 0. The van der Waals surface area contributed by atoms with Crippen LogP contribution in [0.15, 0.2) is 29.4 Å². The lowest BCUT2D eigenvalue weighted by Crippen LogP contribution is -2.26. The van der Waals surface area contributed by atoms with Crippen LogP contribution >= 0.6 is 0 Å². The summed E-state index contributed by atoms with van der Waals surface area (Å²) in [5, 5.41) is 7.47. The second-order valence-electron chi connectivity index (χ2n) is 4.05. The van der Waals surface area contributed by atoms with Crippen molar-refractivity contribution >= 4 is 15.7 Å². The van der Waals surface area contributed by atoms with E-state index in [4.69, 9.17) is 5.73 Å². The Bertz CT molecular complexity index is 713. The molecule has 0 unspecified atom stereocenters. The van der Waals surface area contributed by atoms with Crippen molar-refractivity contribution in [3.05, 3.63) is 36.2 Å². The summed E-state index contributed by atoms with van der Waals surface area (Å²) in [4.78, 5) is -0.486. The minimum atomic E-state index is -4.00. The molecule has 1 heterocycles. The molecule has 1 aromatic carbocycles. The number of anilines is 1. The van der Waals surface area contributed by atoms with Crippen LogP contribution in [0.1, 0.15) is 12.7 Å². The van der Waals surface area contributed by atoms with Gasteiger partial charge in [-0.2, -0.15) is 0 Å². The molecule has 0 atom stereocenters. The highest BCUT2D eigenvalue weighted by Gasteiger charge is 2.20. The maximum absolute atomic E-state index is 13.6. The number of rotatable bonds is 5. The van der Waals surface area contributed by atoms with Crippen LogP contribution in [0.5, 0.6) is 0 Å². The molecule has 0 amide bonds. The van der Waals surface area contributed by atoms with E-state index in [9.17, 15) is 12.8 Å². The third-order valence-corrected chi connectivity index (χ3v) is 4.12. The third kappa shape index (κ3) is 2.94. The lowest BCUT2D eigenvalue weighted by atomic mass is 10.3. The van der Waals surface area contributed by atoms with Gasteiger partial charge in [0.05, 0.1) is 6.54 Å². The largest absolute Gasteiger partial charge is 0.399 e. The lowest BCUT2D eigenvalue weighted by Gasteiger charge is -2.08. The van der Waals surface area contributed by atoms with Gasteiger partial charge in [0.2, 0.25) is 10.0 Å². The minimum Gasteiger partial charge on any atom is -0.399 e. The Morgan fingerprint density at radius 2 is 2.20 bits per heavy atom. The predicted molar refractivity (Wildman–Crippen MR) is 70.5 cm³/mol. The van der Waals surface area contributed by atoms with Gasteiger partial charge in [-0.1, -0.05) is 0 Å². The first-order chi connectivity index (χ1) is 9.44. The van der Waals surface area contributed by atoms with Gasteiger partial charge >= 0.3 is 0 Å². The summed E-state index contributed by atoms with van der Waals surface area (Å²) in [6.45, 7) is 2.40. The Morgan fingerprint density at radius 1 is 1.45 bits per heavy atom. The highest BCUT2D eigenvalue weighted by molar-refractivity contribution is 7.89. The first-order valence-electron chi connectivity index (χ1n) is 5.85. The van der Waals surface area contributed by atoms with Crippen molar-refractivity contribution in [1.29, 1.82) is 0 Å². The van der Waals surface area contributed by atoms with Crippen LogP contribution in [0, 0.1) is 5.82 Å². The summed E-state index contributed by atoms with van der Waals surface area (Å²) in [5.41, 5.74) is 5.65. The Kier molecular flexibility index (Phi) is 4.00. The zero-order valence-corrected chi connectivity index (χ0v) is 11.6. The number of aryl methyl sites for hydroxylation is 1. The molecule has 3 N–H and O–H groups in total. The number of nitrogens with one attached hydrogen (secondary N) is 1. The molecule has 0 spiro atoms. The van der Waals surface area contributed by atoms with E-state index in [1.54, 1.807) is 4.57 Å². The zero-order chi connectivity index (χ0) is 14.8. The molecule has 0 saturated carbocycles. The molecule has 9 heteroatoms. The average Bonchev–Trinajstić information content (AvgIpc) is 2.86. The van der Waals surface area contributed by atoms with Crippen molar-refractivity contribution < 1.29 is 12.8 Å². The van der Waals surface area contributed by atoms with E-state index >= 15 is 0 Å². The summed E-state index contributed by atoms with van der Waals surface area (Å²) in [6, 6.07) is 3.38. The fourth-order valence-corrected chi connectivity index (χ4v) is 2.73. The number of benzene rings is 1. The number of nitrogen functional groups attached to an aromatic ring is 1. The van der Waals surface area contributed by atoms with Gasteiger partial charge in [0.15, 0.2) is 0 Å². The van der Waals surface area contributed by atoms with E-state index in [1.807, 2.05) is 6.92 Å². The van der Waals surface area contributed by atoms with E-state index in [-0.39, 0.29) is 12.2 Å². The van der Waals surface area contributed by atoms with Crippen molar-refractivity contribution in [3.63, 3.8) is 0 Å².